The zero-order chi connectivity index (χ0) is 16.9. The summed E-state index contributed by atoms with van der Waals surface area (Å²) in [4.78, 5) is 12.5. The maximum Gasteiger partial charge on any atom is 0.237 e. The van der Waals surface area contributed by atoms with Gasteiger partial charge in [0.15, 0.2) is 0 Å². The molecule has 2 atom stereocenters. The van der Waals surface area contributed by atoms with Crippen LogP contribution < -0.4 is 15.8 Å². The second-order valence-corrected chi connectivity index (χ2v) is 7.13. The lowest BCUT2D eigenvalue weighted by molar-refractivity contribution is -0.121. The summed E-state index contributed by atoms with van der Waals surface area (Å²) in [5.41, 5.74) is 7.80. The van der Waals surface area contributed by atoms with Gasteiger partial charge in [0.2, 0.25) is 5.91 Å². The van der Waals surface area contributed by atoms with E-state index in [2.05, 4.69) is 5.32 Å². The maximum absolute atomic E-state index is 12.5. The second kappa shape index (κ2) is 7.73. The minimum atomic E-state index is -0.188. The molecule has 4 nitrogen and oxygen atoms in total. The number of aryl methyl sites for hydroxylation is 1. The van der Waals surface area contributed by atoms with Gasteiger partial charge in [-0.05, 0) is 54.5 Å². The van der Waals surface area contributed by atoms with Crippen LogP contribution >= 0.6 is 11.8 Å². The summed E-state index contributed by atoms with van der Waals surface area (Å²) >= 11 is 1.68. The van der Waals surface area contributed by atoms with Gasteiger partial charge in [0.05, 0.1) is 0 Å². The first kappa shape index (κ1) is 16.9. The van der Waals surface area contributed by atoms with Gasteiger partial charge in [0, 0.05) is 12.6 Å². The van der Waals surface area contributed by atoms with Crippen LogP contribution in [0.25, 0.3) is 0 Å². The van der Waals surface area contributed by atoms with Crippen molar-refractivity contribution in [2.75, 3.05) is 12.3 Å². The summed E-state index contributed by atoms with van der Waals surface area (Å²) in [6.07, 6.45) is 0.914. The maximum atomic E-state index is 12.5. The molecule has 1 aliphatic rings. The Kier molecular flexibility index (Phi) is 5.43. The van der Waals surface area contributed by atoms with Crippen LogP contribution in [0.2, 0.25) is 0 Å². The highest BCUT2D eigenvalue weighted by Gasteiger charge is 2.28. The molecule has 0 aliphatic carbocycles. The van der Waals surface area contributed by atoms with E-state index < -0.39 is 0 Å². The first-order valence-corrected chi connectivity index (χ1v) is 9.17. The lowest BCUT2D eigenvalue weighted by Gasteiger charge is -2.18. The third-order valence-electron chi connectivity index (χ3n) is 4.12. The van der Waals surface area contributed by atoms with Crippen LogP contribution in [0.4, 0.5) is 0 Å². The molecule has 0 spiro atoms. The molecule has 1 aliphatic heterocycles. The summed E-state index contributed by atoms with van der Waals surface area (Å²) in [5, 5.41) is 2.86. The molecule has 0 saturated carbocycles. The Bertz CT molecular complexity index is 706. The molecule has 0 aromatic heterocycles. The van der Waals surface area contributed by atoms with Gasteiger partial charge < -0.3 is 15.8 Å². The Balaban J connectivity index is 1.78. The van der Waals surface area contributed by atoms with Crippen molar-refractivity contribution in [1.29, 1.82) is 0 Å². The van der Waals surface area contributed by atoms with Crippen LogP contribution in [0.3, 0.4) is 0 Å². The average Bonchev–Trinajstić information content (AvgIpc) is 2.77. The molecular weight excluding hydrogens is 320 g/mol. The van der Waals surface area contributed by atoms with Crippen LogP contribution in [0, 0.1) is 6.92 Å². The number of carbonyl (C=O) groups is 1. The van der Waals surface area contributed by atoms with Gasteiger partial charge in [-0.25, -0.2) is 0 Å². The Morgan fingerprint density at radius 3 is 2.71 bits per heavy atom. The molecule has 5 heteroatoms. The van der Waals surface area contributed by atoms with Gasteiger partial charge in [0.25, 0.3) is 0 Å². The van der Waals surface area contributed by atoms with E-state index in [4.69, 9.17) is 10.5 Å². The molecule has 0 radical (unpaired) electrons. The number of nitrogens with one attached hydrogen (secondary N) is 1. The van der Waals surface area contributed by atoms with E-state index >= 15 is 0 Å². The molecule has 0 unspecified atom stereocenters. The summed E-state index contributed by atoms with van der Waals surface area (Å²) < 4.78 is 5.86. The van der Waals surface area contributed by atoms with E-state index in [1.807, 2.05) is 55.5 Å². The molecule has 3 rings (SSSR count). The van der Waals surface area contributed by atoms with Crippen molar-refractivity contribution in [3.8, 4) is 11.5 Å². The van der Waals surface area contributed by atoms with Gasteiger partial charge in [-0.3, -0.25) is 4.79 Å². The van der Waals surface area contributed by atoms with E-state index in [1.165, 1.54) is 0 Å². The number of benzene rings is 2. The van der Waals surface area contributed by atoms with Crippen LogP contribution in [0.1, 0.15) is 22.8 Å². The minimum Gasteiger partial charge on any atom is -0.457 e. The van der Waals surface area contributed by atoms with E-state index in [0.29, 0.717) is 6.54 Å². The number of nitrogens with two attached hydrogens (primary N) is 1. The van der Waals surface area contributed by atoms with E-state index in [0.717, 1.165) is 34.8 Å². The SMILES string of the molecule is Cc1cc(Oc2ccccc2)ccc1[C@H]1SCC[C@@H](CN)NC1=O. The van der Waals surface area contributed by atoms with Crippen molar-refractivity contribution in [1.82, 2.24) is 5.32 Å². The highest BCUT2D eigenvalue weighted by molar-refractivity contribution is 8.00. The molecule has 1 fully saturated rings. The minimum absolute atomic E-state index is 0.0489. The zero-order valence-electron chi connectivity index (χ0n) is 13.7. The standard InChI is InChI=1S/C19H22N2O2S/c1-13-11-16(23-15-5-3-2-4-6-15)7-8-17(13)18-19(22)21-14(12-20)9-10-24-18/h2-8,11,14,18H,9-10,12,20H2,1H3,(H,21,22)/t14-,18+/m0/s1. The summed E-state index contributed by atoms with van der Waals surface area (Å²) in [6.45, 7) is 2.51. The van der Waals surface area contributed by atoms with E-state index in [-0.39, 0.29) is 17.2 Å². The number of para-hydroxylation sites is 1. The molecule has 1 saturated heterocycles. The van der Waals surface area contributed by atoms with Crippen molar-refractivity contribution in [3.05, 3.63) is 59.7 Å². The first-order valence-electron chi connectivity index (χ1n) is 8.13. The van der Waals surface area contributed by atoms with Crippen LogP contribution in [-0.2, 0) is 4.79 Å². The lowest BCUT2D eigenvalue weighted by Crippen LogP contribution is -2.40. The fraction of sp³-hybridized carbons (Fsp3) is 0.316. The van der Waals surface area contributed by atoms with E-state index in [1.54, 1.807) is 11.8 Å². The number of rotatable bonds is 4. The van der Waals surface area contributed by atoms with Crippen LogP contribution in [0.15, 0.2) is 48.5 Å². The van der Waals surface area contributed by atoms with Gasteiger partial charge in [-0.1, -0.05) is 24.3 Å². The van der Waals surface area contributed by atoms with Crippen LogP contribution in [-0.4, -0.2) is 24.2 Å². The fourth-order valence-corrected chi connectivity index (χ4v) is 4.11. The number of hydrogen-bond acceptors (Lipinski definition) is 4. The third kappa shape index (κ3) is 3.91. The van der Waals surface area contributed by atoms with E-state index in [9.17, 15) is 4.79 Å². The summed E-state index contributed by atoms with van der Waals surface area (Å²) in [6, 6.07) is 15.7. The molecule has 1 amide bonds. The number of ether oxygens (including phenoxy) is 1. The van der Waals surface area contributed by atoms with Gasteiger partial charge in [0.1, 0.15) is 16.7 Å². The number of carbonyl (C=O) groups excluding carboxylic acids is 1. The molecule has 0 bridgehead atoms. The predicted octanol–water partition coefficient (Wildman–Crippen LogP) is 3.41. The number of hydrogen-bond donors (Lipinski definition) is 2. The van der Waals surface area contributed by atoms with Gasteiger partial charge in [-0.15, -0.1) is 11.8 Å². The van der Waals surface area contributed by atoms with Crippen molar-refractivity contribution in [2.45, 2.75) is 24.6 Å². The first-order chi connectivity index (χ1) is 11.7. The topological polar surface area (TPSA) is 64.3 Å². The molecule has 2 aromatic carbocycles. The largest absolute Gasteiger partial charge is 0.457 e. The highest BCUT2D eigenvalue weighted by Crippen LogP contribution is 2.35. The van der Waals surface area contributed by atoms with Crippen LogP contribution in [0.5, 0.6) is 11.5 Å². The Labute approximate surface area is 146 Å². The molecule has 3 N–H and O–H groups in total. The molecule has 1 heterocycles. The van der Waals surface area contributed by atoms with Gasteiger partial charge >= 0.3 is 0 Å². The second-order valence-electron chi connectivity index (χ2n) is 5.91. The number of thioether (sulfide) groups is 1. The summed E-state index contributed by atoms with van der Waals surface area (Å²) in [7, 11) is 0. The zero-order valence-corrected chi connectivity index (χ0v) is 14.5. The van der Waals surface area contributed by atoms with Crippen molar-refractivity contribution < 1.29 is 9.53 Å². The smallest absolute Gasteiger partial charge is 0.237 e. The van der Waals surface area contributed by atoms with Crippen molar-refractivity contribution in [2.24, 2.45) is 5.73 Å². The summed E-state index contributed by atoms with van der Waals surface area (Å²) in [5.74, 6) is 2.55. The van der Waals surface area contributed by atoms with Gasteiger partial charge in [-0.2, -0.15) is 0 Å². The average molecular weight is 342 g/mol. The Morgan fingerprint density at radius 2 is 2.00 bits per heavy atom. The lowest BCUT2D eigenvalue weighted by atomic mass is 10.0. The third-order valence-corrected chi connectivity index (χ3v) is 5.40. The number of amides is 1. The van der Waals surface area contributed by atoms with Crippen molar-refractivity contribution >= 4 is 17.7 Å². The predicted molar refractivity (Wildman–Crippen MR) is 98.5 cm³/mol. The molecular formula is C19H22N2O2S. The monoisotopic (exact) mass is 342 g/mol. The normalized spacial score (nSPS) is 21.0. The Hall–Kier alpha value is -1.98. The molecule has 126 valence electrons. The quantitative estimate of drug-likeness (QED) is 0.894. The highest BCUT2D eigenvalue weighted by atomic mass is 32.2. The molecule has 2 aromatic rings. The fourth-order valence-electron chi connectivity index (χ4n) is 2.79. The van der Waals surface area contributed by atoms with Crippen molar-refractivity contribution in [3.63, 3.8) is 0 Å². The molecule has 24 heavy (non-hydrogen) atoms. The Morgan fingerprint density at radius 1 is 1.21 bits per heavy atom.